The first-order chi connectivity index (χ1) is 6.22. The molecular weight excluding hydrogens is 166 g/mol. The van der Waals surface area contributed by atoms with Gasteiger partial charge in [-0.3, -0.25) is 4.79 Å². The molecule has 0 aromatic heterocycles. The molecule has 0 aromatic rings. The van der Waals surface area contributed by atoms with Gasteiger partial charge in [0, 0.05) is 26.1 Å². The molecule has 0 aliphatic carbocycles. The molecule has 1 aliphatic rings. The van der Waals surface area contributed by atoms with Gasteiger partial charge in [0.1, 0.15) is 0 Å². The van der Waals surface area contributed by atoms with Crippen LogP contribution in [0.1, 0.15) is 19.3 Å². The number of nitrogens with two attached hydrogens (primary N) is 1. The molecule has 76 valence electrons. The van der Waals surface area contributed by atoms with Crippen molar-refractivity contribution in [1.82, 2.24) is 10.2 Å². The van der Waals surface area contributed by atoms with Crippen molar-refractivity contribution in [2.24, 2.45) is 5.73 Å². The molecule has 1 unspecified atom stereocenters. The average molecular weight is 185 g/mol. The molecule has 4 nitrogen and oxygen atoms in total. The van der Waals surface area contributed by atoms with Crippen LogP contribution < -0.4 is 11.1 Å². The summed E-state index contributed by atoms with van der Waals surface area (Å²) in [5, 5.41) is 2.62. The standard InChI is InChI=1S/C9H19N3O/c1-11-9(13)3-2-5-12-6-4-8(10)7-12/h8H,2-7,10H2,1H3,(H,11,13). The quantitative estimate of drug-likeness (QED) is 0.623. The van der Waals surface area contributed by atoms with Crippen LogP contribution in [0.3, 0.4) is 0 Å². The Kier molecular flexibility index (Phi) is 4.18. The van der Waals surface area contributed by atoms with Crippen molar-refractivity contribution in [2.45, 2.75) is 25.3 Å². The van der Waals surface area contributed by atoms with E-state index in [1.807, 2.05) is 0 Å². The number of hydrogen-bond donors (Lipinski definition) is 2. The lowest BCUT2D eigenvalue weighted by atomic mass is 10.3. The van der Waals surface area contributed by atoms with Gasteiger partial charge in [-0.05, 0) is 25.9 Å². The Bertz CT molecular complexity index is 172. The van der Waals surface area contributed by atoms with Crippen LogP contribution >= 0.6 is 0 Å². The van der Waals surface area contributed by atoms with E-state index in [0.717, 1.165) is 32.5 Å². The Morgan fingerprint density at radius 2 is 2.46 bits per heavy atom. The summed E-state index contributed by atoms with van der Waals surface area (Å²) in [6, 6.07) is 0.347. The highest BCUT2D eigenvalue weighted by atomic mass is 16.1. The molecule has 1 rings (SSSR count). The van der Waals surface area contributed by atoms with E-state index in [1.54, 1.807) is 7.05 Å². The van der Waals surface area contributed by atoms with E-state index in [1.165, 1.54) is 0 Å². The van der Waals surface area contributed by atoms with Crippen LogP contribution in [-0.4, -0.2) is 43.5 Å². The third-order valence-corrected chi connectivity index (χ3v) is 2.47. The fraction of sp³-hybridized carbons (Fsp3) is 0.889. The van der Waals surface area contributed by atoms with Crippen molar-refractivity contribution in [2.75, 3.05) is 26.7 Å². The van der Waals surface area contributed by atoms with Crippen LogP contribution in [-0.2, 0) is 4.79 Å². The van der Waals surface area contributed by atoms with Crippen molar-refractivity contribution in [3.05, 3.63) is 0 Å². The Balaban J connectivity index is 2.03. The zero-order chi connectivity index (χ0) is 9.68. The second-order valence-electron chi connectivity index (χ2n) is 3.63. The number of rotatable bonds is 4. The number of nitrogens with one attached hydrogen (secondary N) is 1. The van der Waals surface area contributed by atoms with Gasteiger partial charge in [-0.15, -0.1) is 0 Å². The number of likely N-dealkylation sites (tertiary alicyclic amines) is 1. The second kappa shape index (κ2) is 5.19. The summed E-state index contributed by atoms with van der Waals surface area (Å²) < 4.78 is 0. The van der Waals surface area contributed by atoms with Crippen LogP contribution in [0.5, 0.6) is 0 Å². The van der Waals surface area contributed by atoms with Crippen LogP contribution in [0.15, 0.2) is 0 Å². The highest BCUT2D eigenvalue weighted by molar-refractivity contribution is 5.75. The molecule has 13 heavy (non-hydrogen) atoms. The monoisotopic (exact) mass is 185 g/mol. The smallest absolute Gasteiger partial charge is 0.219 e. The molecule has 1 aliphatic heterocycles. The van der Waals surface area contributed by atoms with Gasteiger partial charge in [-0.2, -0.15) is 0 Å². The lowest BCUT2D eigenvalue weighted by Crippen LogP contribution is -2.28. The van der Waals surface area contributed by atoms with Crippen LogP contribution in [0.2, 0.25) is 0 Å². The molecule has 1 saturated heterocycles. The number of hydrogen-bond acceptors (Lipinski definition) is 3. The van der Waals surface area contributed by atoms with Gasteiger partial charge in [0.2, 0.25) is 5.91 Å². The molecule has 1 amide bonds. The molecule has 1 atom stereocenters. The number of nitrogens with zero attached hydrogens (tertiary/aromatic N) is 1. The van der Waals surface area contributed by atoms with Crippen molar-refractivity contribution in [3.8, 4) is 0 Å². The lowest BCUT2D eigenvalue weighted by Gasteiger charge is -2.13. The largest absolute Gasteiger partial charge is 0.359 e. The molecule has 1 heterocycles. The van der Waals surface area contributed by atoms with Gasteiger partial charge < -0.3 is 16.0 Å². The summed E-state index contributed by atoms with van der Waals surface area (Å²) in [5.41, 5.74) is 5.76. The lowest BCUT2D eigenvalue weighted by molar-refractivity contribution is -0.120. The van der Waals surface area contributed by atoms with E-state index in [-0.39, 0.29) is 5.91 Å². The third-order valence-electron chi connectivity index (χ3n) is 2.47. The van der Waals surface area contributed by atoms with Gasteiger partial charge in [0.15, 0.2) is 0 Å². The maximum atomic E-state index is 10.9. The van der Waals surface area contributed by atoms with Crippen molar-refractivity contribution < 1.29 is 4.79 Å². The zero-order valence-corrected chi connectivity index (χ0v) is 8.25. The first kappa shape index (κ1) is 10.5. The van der Waals surface area contributed by atoms with E-state index in [0.29, 0.717) is 12.5 Å². The zero-order valence-electron chi connectivity index (χ0n) is 8.25. The average Bonchev–Trinajstić information content (AvgIpc) is 2.51. The number of carbonyl (C=O) groups excluding carboxylic acids is 1. The van der Waals surface area contributed by atoms with E-state index < -0.39 is 0 Å². The summed E-state index contributed by atoms with van der Waals surface area (Å²) in [6.07, 6.45) is 2.66. The summed E-state index contributed by atoms with van der Waals surface area (Å²) in [6.45, 7) is 3.09. The van der Waals surface area contributed by atoms with Gasteiger partial charge in [-0.1, -0.05) is 0 Å². The normalized spacial score (nSPS) is 23.4. The maximum Gasteiger partial charge on any atom is 0.219 e. The second-order valence-corrected chi connectivity index (χ2v) is 3.63. The maximum absolute atomic E-state index is 10.9. The van der Waals surface area contributed by atoms with Crippen molar-refractivity contribution >= 4 is 5.91 Å². The summed E-state index contributed by atoms with van der Waals surface area (Å²) in [7, 11) is 1.67. The van der Waals surface area contributed by atoms with E-state index in [2.05, 4.69) is 10.2 Å². The van der Waals surface area contributed by atoms with Crippen LogP contribution in [0, 0.1) is 0 Å². The summed E-state index contributed by atoms with van der Waals surface area (Å²) in [4.78, 5) is 13.2. The molecule has 3 N–H and O–H groups in total. The van der Waals surface area contributed by atoms with E-state index in [9.17, 15) is 4.79 Å². The van der Waals surface area contributed by atoms with Crippen molar-refractivity contribution in [3.63, 3.8) is 0 Å². The molecule has 1 fully saturated rings. The fourth-order valence-corrected chi connectivity index (χ4v) is 1.65. The molecule has 0 saturated carbocycles. The topological polar surface area (TPSA) is 58.4 Å². The Morgan fingerprint density at radius 3 is 3.00 bits per heavy atom. The van der Waals surface area contributed by atoms with Crippen molar-refractivity contribution in [1.29, 1.82) is 0 Å². The minimum atomic E-state index is 0.128. The number of carbonyl (C=O) groups is 1. The van der Waals surface area contributed by atoms with Crippen LogP contribution in [0.25, 0.3) is 0 Å². The predicted molar refractivity (Wildman–Crippen MR) is 52.3 cm³/mol. The van der Waals surface area contributed by atoms with Gasteiger partial charge in [0.25, 0.3) is 0 Å². The third kappa shape index (κ3) is 3.74. The van der Waals surface area contributed by atoms with Crippen LogP contribution in [0.4, 0.5) is 0 Å². The van der Waals surface area contributed by atoms with E-state index >= 15 is 0 Å². The first-order valence-electron chi connectivity index (χ1n) is 4.91. The van der Waals surface area contributed by atoms with Gasteiger partial charge >= 0.3 is 0 Å². The van der Waals surface area contributed by atoms with E-state index in [4.69, 9.17) is 5.73 Å². The fourth-order valence-electron chi connectivity index (χ4n) is 1.65. The van der Waals surface area contributed by atoms with Gasteiger partial charge in [-0.25, -0.2) is 0 Å². The minimum absolute atomic E-state index is 0.128. The Hall–Kier alpha value is -0.610. The molecule has 0 radical (unpaired) electrons. The molecule has 0 spiro atoms. The Morgan fingerprint density at radius 1 is 1.69 bits per heavy atom. The SMILES string of the molecule is CNC(=O)CCCN1CCC(N)C1. The number of amides is 1. The molecule has 4 heteroatoms. The first-order valence-corrected chi connectivity index (χ1v) is 4.91. The predicted octanol–water partition coefficient (Wildman–Crippen LogP) is -0.454. The molecular formula is C9H19N3O. The Labute approximate surface area is 79.5 Å². The molecule has 0 bridgehead atoms. The molecule has 0 aromatic carbocycles. The summed E-state index contributed by atoms with van der Waals surface area (Å²) in [5.74, 6) is 0.128. The highest BCUT2D eigenvalue weighted by Crippen LogP contribution is 2.07. The minimum Gasteiger partial charge on any atom is -0.359 e. The highest BCUT2D eigenvalue weighted by Gasteiger charge is 2.18. The summed E-state index contributed by atoms with van der Waals surface area (Å²) >= 11 is 0. The van der Waals surface area contributed by atoms with Gasteiger partial charge in [0.05, 0.1) is 0 Å².